The molecule has 3 aromatic carbocycles. The van der Waals surface area contributed by atoms with Crippen LogP contribution in [-0.4, -0.2) is 35.2 Å². The normalized spacial score (nSPS) is 12.6. The summed E-state index contributed by atoms with van der Waals surface area (Å²) in [6.45, 7) is 3.34. The summed E-state index contributed by atoms with van der Waals surface area (Å²) >= 11 is 0. The molecular weight excluding hydrogens is 444 g/mol. The fourth-order valence-electron chi connectivity index (χ4n) is 4.08. The zero-order valence-electron chi connectivity index (χ0n) is 19.4. The third kappa shape index (κ3) is 5.41. The maximum absolute atomic E-state index is 12.8. The number of nitrogens with one attached hydrogen (secondary N) is 2. The number of hydrogen-bond donors (Lipinski definition) is 3. The summed E-state index contributed by atoms with van der Waals surface area (Å²) in [4.78, 5) is 36.0. The lowest BCUT2D eigenvalue weighted by molar-refractivity contribution is -0.131. The second-order valence-electron chi connectivity index (χ2n) is 8.82. The average Bonchev–Trinajstić information content (AvgIpc) is 3.15. The van der Waals surface area contributed by atoms with Crippen LogP contribution in [0.1, 0.15) is 36.5 Å². The molecule has 0 aromatic heterocycles. The number of anilines is 1. The number of carboxylic acids is 1. The van der Waals surface area contributed by atoms with Gasteiger partial charge in [0.2, 0.25) is 5.91 Å². The Balaban J connectivity index is 1.35. The summed E-state index contributed by atoms with van der Waals surface area (Å²) in [6, 6.07) is 22.8. The number of fused-ring (bicyclic) bond motifs is 3. The van der Waals surface area contributed by atoms with E-state index in [-0.39, 0.29) is 12.5 Å². The van der Waals surface area contributed by atoms with Crippen LogP contribution in [0.15, 0.2) is 78.9 Å². The van der Waals surface area contributed by atoms with E-state index < -0.39 is 23.5 Å². The molecule has 1 aliphatic rings. The van der Waals surface area contributed by atoms with Gasteiger partial charge >= 0.3 is 12.1 Å². The second-order valence-corrected chi connectivity index (χ2v) is 8.82. The molecule has 178 valence electrons. The summed E-state index contributed by atoms with van der Waals surface area (Å²) in [6.07, 6.45) is 1.81. The van der Waals surface area contributed by atoms with Gasteiger partial charge in [-0.25, -0.2) is 9.59 Å². The van der Waals surface area contributed by atoms with E-state index in [2.05, 4.69) is 22.8 Å². The van der Waals surface area contributed by atoms with Crippen molar-refractivity contribution in [2.45, 2.75) is 25.3 Å². The molecule has 2 amide bonds. The number of alkyl carbamates (subject to hydrolysis) is 1. The Hall–Kier alpha value is -4.39. The van der Waals surface area contributed by atoms with Crippen LogP contribution < -0.4 is 10.6 Å². The van der Waals surface area contributed by atoms with Crippen LogP contribution >= 0.6 is 0 Å². The molecule has 7 nitrogen and oxygen atoms in total. The Kier molecular flexibility index (Phi) is 6.68. The lowest BCUT2D eigenvalue weighted by Crippen LogP contribution is -2.52. The zero-order chi connectivity index (χ0) is 25.0. The number of amides is 2. The van der Waals surface area contributed by atoms with E-state index >= 15 is 0 Å². The first-order valence-corrected chi connectivity index (χ1v) is 11.2. The molecule has 1 aliphatic carbocycles. The number of benzene rings is 3. The van der Waals surface area contributed by atoms with Gasteiger partial charge in [0, 0.05) is 17.7 Å². The van der Waals surface area contributed by atoms with Crippen molar-refractivity contribution in [2.24, 2.45) is 0 Å². The number of carbonyl (C=O) groups is 3. The van der Waals surface area contributed by atoms with Crippen LogP contribution in [0.4, 0.5) is 10.5 Å². The Morgan fingerprint density at radius 3 is 2.06 bits per heavy atom. The molecule has 0 bridgehead atoms. The Labute approximate surface area is 203 Å². The number of ether oxygens (including phenoxy) is 1. The van der Waals surface area contributed by atoms with E-state index in [9.17, 15) is 14.4 Å². The Bertz CT molecular complexity index is 1250. The van der Waals surface area contributed by atoms with E-state index in [1.165, 1.54) is 6.08 Å². The third-order valence-electron chi connectivity index (χ3n) is 5.91. The van der Waals surface area contributed by atoms with Crippen LogP contribution in [0, 0.1) is 0 Å². The smallest absolute Gasteiger partial charge is 0.408 e. The summed E-state index contributed by atoms with van der Waals surface area (Å²) in [5, 5.41) is 14.1. The van der Waals surface area contributed by atoms with Crippen molar-refractivity contribution in [2.75, 3.05) is 11.9 Å². The van der Waals surface area contributed by atoms with Gasteiger partial charge in [0.25, 0.3) is 0 Å². The minimum absolute atomic E-state index is 0.0706. The van der Waals surface area contributed by atoms with Crippen molar-refractivity contribution in [1.82, 2.24) is 5.32 Å². The van der Waals surface area contributed by atoms with Gasteiger partial charge in [0.15, 0.2) is 0 Å². The highest BCUT2D eigenvalue weighted by Crippen LogP contribution is 2.44. The Morgan fingerprint density at radius 1 is 0.914 bits per heavy atom. The first-order valence-electron chi connectivity index (χ1n) is 11.2. The lowest BCUT2D eigenvalue weighted by Gasteiger charge is -2.25. The molecule has 7 heteroatoms. The van der Waals surface area contributed by atoms with Crippen molar-refractivity contribution in [3.05, 3.63) is 95.6 Å². The largest absolute Gasteiger partial charge is 0.478 e. The van der Waals surface area contributed by atoms with E-state index in [0.717, 1.165) is 28.3 Å². The molecule has 3 aromatic rings. The summed E-state index contributed by atoms with van der Waals surface area (Å²) < 4.78 is 5.55. The van der Waals surface area contributed by atoms with E-state index in [4.69, 9.17) is 9.84 Å². The zero-order valence-corrected chi connectivity index (χ0v) is 19.4. The van der Waals surface area contributed by atoms with E-state index in [1.54, 1.807) is 38.1 Å². The molecule has 0 saturated carbocycles. The number of carboxylic acid groups (broad SMARTS) is 1. The molecule has 3 N–H and O–H groups in total. The molecule has 0 unspecified atom stereocenters. The van der Waals surface area contributed by atoms with E-state index in [0.29, 0.717) is 11.3 Å². The minimum atomic E-state index is -1.23. The maximum Gasteiger partial charge on any atom is 0.408 e. The standard InChI is InChI=1S/C28H26N2O5/c1-28(2,26(33)29-19-14-11-18(12-15-19)13-16-25(31)32)30-27(34)35-17-24-22-9-5-3-7-20(22)21-8-4-6-10-23(21)24/h3-16,24H,17H2,1-2H3,(H,29,33)(H,30,34)(H,31,32). The topological polar surface area (TPSA) is 105 Å². The van der Waals surface area contributed by atoms with Crippen molar-refractivity contribution in [1.29, 1.82) is 0 Å². The average molecular weight is 471 g/mol. The number of carbonyl (C=O) groups excluding carboxylic acids is 2. The van der Waals surface area contributed by atoms with Gasteiger partial charge in [0.05, 0.1) is 0 Å². The number of rotatable bonds is 7. The minimum Gasteiger partial charge on any atom is -0.478 e. The molecule has 0 radical (unpaired) electrons. The summed E-state index contributed by atoms with van der Waals surface area (Å²) in [5.74, 6) is -1.53. The van der Waals surface area contributed by atoms with Crippen LogP contribution in [0.2, 0.25) is 0 Å². The molecule has 0 heterocycles. The molecule has 4 rings (SSSR count). The van der Waals surface area contributed by atoms with Crippen molar-refractivity contribution < 1.29 is 24.2 Å². The van der Waals surface area contributed by atoms with Crippen molar-refractivity contribution in [3.8, 4) is 11.1 Å². The van der Waals surface area contributed by atoms with Crippen LogP contribution in [0.3, 0.4) is 0 Å². The lowest BCUT2D eigenvalue weighted by atomic mass is 9.98. The van der Waals surface area contributed by atoms with Gasteiger partial charge in [-0.1, -0.05) is 60.7 Å². The molecule has 0 fully saturated rings. The van der Waals surface area contributed by atoms with Gasteiger partial charge < -0.3 is 20.5 Å². The first-order chi connectivity index (χ1) is 16.7. The number of aliphatic carboxylic acids is 1. The fourth-order valence-corrected chi connectivity index (χ4v) is 4.08. The SMILES string of the molecule is CC(C)(NC(=O)OCC1c2ccccc2-c2ccccc21)C(=O)Nc1ccc(C=CC(=O)O)cc1. The van der Waals surface area contributed by atoms with Crippen LogP contribution in [0.5, 0.6) is 0 Å². The van der Waals surface area contributed by atoms with Gasteiger partial charge in [-0.3, -0.25) is 4.79 Å². The molecule has 0 aliphatic heterocycles. The molecule has 0 spiro atoms. The van der Waals surface area contributed by atoms with Gasteiger partial charge in [-0.2, -0.15) is 0 Å². The third-order valence-corrected chi connectivity index (χ3v) is 5.91. The number of hydrogen-bond acceptors (Lipinski definition) is 4. The predicted molar refractivity (Wildman–Crippen MR) is 134 cm³/mol. The van der Waals surface area contributed by atoms with Crippen LogP contribution in [-0.2, 0) is 14.3 Å². The fraction of sp³-hybridized carbons (Fsp3) is 0.179. The molecular formula is C28H26N2O5. The van der Waals surface area contributed by atoms with Crippen molar-refractivity contribution in [3.63, 3.8) is 0 Å². The molecule has 0 atom stereocenters. The summed E-state index contributed by atoms with van der Waals surface area (Å²) in [5.41, 5.74) is 4.47. The highest BCUT2D eigenvalue weighted by atomic mass is 16.5. The highest BCUT2D eigenvalue weighted by Gasteiger charge is 2.32. The first kappa shape index (κ1) is 23.8. The quantitative estimate of drug-likeness (QED) is 0.420. The summed E-state index contributed by atoms with van der Waals surface area (Å²) in [7, 11) is 0. The second kappa shape index (κ2) is 9.85. The van der Waals surface area contributed by atoms with E-state index in [1.807, 2.05) is 36.4 Å². The molecule has 0 saturated heterocycles. The monoisotopic (exact) mass is 470 g/mol. The van der Waals surface area contributed by atoms with Crippen molar-refractivity contribution >= 4 is 29.7 Å². The Morgan fingerprint density at radius 2 is 1.49 bits per heavy atom. The molecule has 35 heavy (non-hydrogen) atoms. The highest BCUT2D eigenvalue weighted by molar-refractivity contribution is 5.99. The van der Waals surface area contributed by atoms with Gasteiger partial charge in [0.1, 0.15) is 12.1 Å². The van der Waals surface area contributed by atoms with Gasteiger partial charge in [-0.15, -0.1) is 0 Å². The van der Waals surface area contributed by atoms with Gasteiger partial charge in [-0.05, 0) is 59.9 Å². The maximum atomic E-state index is 12.8. The predicted octanol–water partition coefficient (Wildman–Crippen LogP) is 5.04. The van der Waals surface area contributed by atoms with Crippen LogP contribution in [0.25, 0.3) is 17.2 Å².